The van der Waals surface area contributed by atoms with Crippen molar-refractivity contribution in [1.29, 1.82) is 0 Å². The van der Waals surface area contributed by atoms with Crippen molar-refractivity contribution in [2.45, 2.75) is 39.2 Å². The number of benzene rings is 2. The average Bonchev–Trinajstić information content (AvgIpc) is 3.23. The molecule has 0 aliphatic heterocycles. The van der Waals surface area contributed by atoms with Gasteiger partial charge in [0, 0.05) is 30.1 Å². The number of nitrogens with one attached hydrogen (secondary N) is 1. The smallest absolute Gasteiger partial charge is 0.226 e. The van der Waals surface area contributed by atoms with E-state index in [0.717, 1.165) is 55.2 Å². The number of aromatic nitrogens is 3. The highest BCUT2D eigenvalue weighted by Gasteiger charge is 2.14. The van der Waals surface area contributed by atoms with Crippen LogP contribution in [0.2, 0.25) is 0 Å². The van der Waals surface area contributed by atoms with Crippen molar-refractivity contribution in [3.05, 3.63) is 77.8 Å². The zero-order valence-corrected chi connectivity index (χ0v) is 16.8. The van der Waals surface area contributed by atoms with Gasteiger partial charge in [0.25, 0.3) is 0 Å². The highest BCUT2D eigenvalue weighted by molar-refractivity contribution is 5.94. The zero-order valence-electron chi connectivity index (χ0n) is 16.8. The van der Waals surface area contributed by atoms with E-state index in [-0.39, 0.29) is 0 Å². The van der Waals surface area contributed by atoms with Gasteiger partial charge in [-0.05, 0) is 49.1 Å². The Hall–Kier alpha value is -3.05. The van der Waals surface area contributed by atoms with E-state index in [4.69, 9.17) is 4.52 Å². The Bertz CT molecular complexity index is 1060. The molecule has 2 aromatic heterocycles. The highest BCUT2D eigenvalue weighted by Crippen LogP contribution is 2.28. The minimum Gasteiger partial charge on any atom is -0.339 e. The molecule has 0 aliphatic carbocycles. The molecule has 0 fully saturated rings. The maximum absolute atomic E-state index is 5.52. The molecule has 0 saturated carbocycles. The summed E-state index contributed by atoms with van der Waals surface area (Å²) in [6.07, 6.45) is 5.71. The average molecular weight is 386 g/mol. The van der Waals surface area contributed by atoms with Crippen LogP contribution >= 0.6 is 0 Å². The molecule has 0 atom stereocenters. The zero-order chi connectivity index (χ0) is 19.9. The van der Waals surface area contributed by atoms with Gasteiger partial charge in [0.2, 0.25) is 11.7 Å². The number of aryl methyl sites for hydroxylation is 2. The minimum atomic E-state index is 0.630. The molecule has 0 spiro atoms. The quantitative estimate of drug-likeness (QED) is 0.412. The summed E-state index contributed by atoms with van der Waals surface area (Å²) >= 11 is 0. The van der Waals surface area contributed by atoms with Crippen LogP contribution in [-0.4, -0.2) is 21.7 Å². The SMILES string of the molecule is CCCNCc1ccc(-c2noc(CCCc3ccccc3)n2)c2cccnc12. The molecule has 0 aliphatic rings. The third-order valence-electron chi connectivity index (χ3n) is 5.00. The molecule has 2 aromatic carbocycles. The second kappa shape index (κ2) is 9.43. The van der Waals surface area contributed by atoms with Crippen LogP contribution in [0.15, 0.2) is 65.3 Å². The van der Waals surface area contributed by atoms with Crippen molar-refractivity contribution in [2.24, 2.45) is 0 Å². The van der Waals surface area contributed by atoms with Gasteiger partial charge in [0.15, 0.2) is 0 Å². The van der Waals surface area contributed by atoms with Gasteiger partial charge in [-0.25, -0.2) is 0 Å². The predicted molar refractivity (Wildman–Crippen MR) is 115 cm³/mol. The molecule has 1 N–H and O–H groups in total. The Labute approximate surface area is 171 Å². The number of nitrogens with zero attached hydrogens (tertiary/aromatic N) is 3. The van der Waals surface area contributed by atoms with Crippen molar-refractivity contribution in [2.75, 3.05) is 6.54 Å². The summed E-state index contributed by atoms with van der Waals surface area (Å²) < 4.78 is 5.52. The number of hydrogen-bond donors (Lipinski definition) is 1. The minimum absolute atomic E-state index is 0.630. The summed E-state index contributed by atoms with van der Waals surface area (Å²) in [7, 11) is 0. The monoisotopic (exact) mass is 386 g/mol. The fourth-order valence-electron chi connectivity index (χ4n) is 3.52. The number of rotatable bonds is 9. The molecular weight excluding hydrogens is 360 g/mol. The van der Waals surface area contributed by atoms with E-state index in [1.54, 1.807) is 0 Å². The van der Waals surface area contributed by atoms with E-state index in [2.05, 4.69) is 69.8 Å². The van der Waals surface area contributed by atoms with Crippen LogP contribution in [0, 0.1) is 0 Å². The first-order chi connectivity index (χ1) is 14.3. The third-order valence-corrected chi connectivity index (χ3v) is 5.00. The Balaban J connectivity index is 1.50. The van der Waals surface area contributed by atoms with Crippen molar-refractivity contribution in [3.63, 3.8) is 0 Å². The number of hydrogen-bond acceptors (Lipinski definition) is 5. The Morgan fingerprint density at radius 1 is 0.966 bits per heavy atom. The van der Waals surface area contributed by atoms with E-state index in [9.17, 15) is 0 Å². The van der Waals surface area contributed by atoms with Crippen LogP contribution in [0.1, 0.15) is 36.8 Å². The lowest BCUT2D eigenvalue weighted by Gasteiger charge is -2.09. The lowest BCUT2D eigenvalue weighted by atomic mass is 10.0. The Morgan fingerprint density at radius 2 is 1.86 bits per heavy atom. The van der Waals surface area contributed by atoms with Crippen LogP contribution in [0.25, 0.3) is 22.3 Å². The van der Waals surface area contributed by atoms with Gasteiger partial charge < -0.3 is 9.84 Å². The van der Waals surface area contributed by atoms with E-state index in [1.165, 1.54) is 11.1 Å². The first kappa shape index (κ1) is 19.3. The lowest BCUT2D eigenvalue weighted by molar-refractivity contribution is 0.376. The number of pyridine rings is 1. The first-order valence-corrected chi connectivity index (χ1v) is 10.3. The van der Waals surface area contributed by atoms with Crippen molar-refractivity contribution in [3.8, 4) is 11.4 Å². The van der Waals surface area contributed by atoms with Gasteiger partial charge in [0.05, 0.1) is 5.52 Å². The maximum Gasteiger partial charge on any atom is 0.226 e. The molecular formula is C24H26N4O. The van der Waals surface area contributed by atoms with Crippen LogP contribution in [0.5, 0.6) is 0 Å². The van der Waals surface area contributed by atoms with Gasteiger partial charge >= 0.3 is 0 Å². The topological polar surface area (TPSA) is 63.8 Å². The standard InChI is InChI=1S/C24H26N4O/c1-2-15-25-17-19-13-14-21(20-11-7-16-26-23(19)20)24-27-22(29-28-24)12-6-10-18-8-4-3-5-9-18/h3-5,7-9,11,13-14,16,25H,2,6,10,12,15,17H2,1H3. The maximum atomic E-state index is 5.52. The van der Waals surface area contributed by atoms with Crippen molar-refractivity contribution >= 4 is 10.9 Å². The third kappa shape index (κ3) is 4.69. The first-order valence-electron chi connectivity index (χ1n) is 10.3. The summed E-state index contributed by atoms with van der Waals surface area (Å²) in [6.45, 7) is 3.96. The van der Waals surface area contributed by atoms with Gasteiger partial charge in [-0.3, -0.25) is 4.98 Å². The summed E-state index contributed by atoms with van der Waals surface area (Å²) in [5.41, 5.74) is 4.47. The normalized spacial score (nSPS) is 11.2. The summed E-state index contributed by atoms with van der Waals surface area (Å²) in [6, 6.07) is 18.7. The molecule has 4 aromatic rings. The van der Waals surface area contributed by atoms with Gasteiger partial charge in [-0.15, -0.1) is 0 Å². The predicted octanol–water partition coefficient (Wildman–Crippen LogP) is 4.96. The second-order valence-corrected chi connectivity index (χ2v) is 7.20. The molecule has 148 valence electrons. The van der Waals surface area contributed by atoms with E-state index >= 15 is 0 Å². The highest BCUT2D eigenvalue weighted by atomic mass is 16.5. The van der Waals surface area contributed by atoms with Crippen molar-refractivity contribution in [1.82, 2.24) is 20.4 Å². The number of fused-ring (bicyclic) bond motifs is 1. The molecule has 4 rings (SSSR count). The van der Waals surface area contributed by atoms with E-state index in [0.29, 0.717) is 11.7 Å². The fraction of sp³-hybridized carbons (Fsp3) is 0.292. The molecule has 0 amide bonds. The molecule has 5 nitrogen and oxygen atoms in total. The molecule has 0 unspecified atom stereocenters. The molecule has 29 heavy (non-hydrogen) atoms. The van der Waals surface area contributed by atoms with Gasteiger partial charge in [0.1, 0.15) is 0 Å². The van der Waals surface area contributed by atoms with E-state index < -0.39 is 0 Å². The largest absolute Gasteiger partial charge is 0.339 e. The van der Waals surface area contributed by atoms with Crippen molar-refractivity contribution < 1.29 is 4.52 Å². The molecule has 0 bridgehead atoms. The Kier molecular flexibility index (Phi) is 6.27. The van der Waals surface area contributed by atoms with Crippen LogP contribution in [0.3, 0.4) is 0 Å². The van der Waals surface area contributed by atoms with Crippen LogP contribution in [-0.2, 0) is 19.4 Å². The fourth-order valence-corrected chi connectivity index (χ4v) is 3.52. The summed E-state index contributed by atoms with van der Waals surface area (Å²) in [5.74, 6) is 1.31. The summed E-state index contributed by atoms with van der Waals surface area (Å²) in [5, 5.41) is 8.75. The summed E-state index contributed by atoms with van der Waals surface area (Å²) in [4.78, 5) is 9.26. The molecule has 5 heteroatoms. The second-order valence-electron chi connectivity index (χ2n) is 7.20. The lowest BCUT2D eigenvalue weighted by Crippen LogP contribution is -2.14. The Morgan fingerprint density at radius 3 is 2.72 bits per heavy atom. The molecule has 0 radical (unpaired) electrons. The van der Waals surface area contributed by atoms with Gasteiger partial charge in [-0.2, -0.15) is 4.98 Å². The van der Waals surface area contributed by atoms with Crippen LogP contribution < -0.4 is 5.32 Å². The van der Waals surface area contributed by atoms with E-state index in [1.807, 2.05) is 18.3 Å². The molecule has 0 saturated heterocycles. The molecule has 2 heterocycles. The van der Waals surface area contributed by atoms with Crippen LogP contribution in [0.4, 0.5) is 0 Å². The van der Waals surface area contributed by atoms with Gasteiger partial charge in [-0.1, -0.05) is 54.5 Å².